The van der Waals surface area contributed by atoms with Gasteiger partial charge in [0, 0.05) is 33.6 Å². The molecule has 1 N–H and O–H groups in total. The fourth-order valence-electron chi connectivity index (χ4n) is 4.46. The maximum Gasteiger partial charge on any atom is 0.219 e. The third kappa shape index (κ3) is 5.21. The molecule has 32 heavy (non-hydrogen) atoms. The summed E-state index contributed by atoms with van der Waals surface area (Å²) in [6, 6.07) is 4.22. The summed E-state index contributed by atoms with van der Waals surface area (Å²) in [5.74, 6) is 2.60. The first-order chi connectivity index (χ1) is 15.2. The third-order valence-corrected chi connectivity index (χ3v) is 6.69. The second-order valence-electron chi connectivity index (χ2n) is 8.83. The predicted molar refractivity (Wildman–Crippen MR) is 128 cm³/mol. The minimum absolute atomic E-state index is 0.0243. The summed E-state index contributed by atoms with van der Waals surface area (Å²) < 4.78 is 5.56. The highest BCUT2D eigenvalue weighted by Gasteiger charge is 2.28. The molecule has 1 aromatic heterocycles. The lowest BCUT2D eigenvalue weighted by atomic mass is 9.94. The molecule has 1 saturated heterocycles. The number of aromatic nitrogens is 2. The van der Waals surface area contributed by atoms with Gasteiger partial charge in [0.1, 0.15) is 17.4 Å². The lowest BCUT2D eigenvalue weighted by molar-refractivity contribution is -0.128. The fourth-order valence-corrected chi connectivity index (χ4v) is 4.46. The van der Waals surface area contributed by atoms with Crippen LogP contribution in [-0.4, -0.2) is 53.4 Å². The van der Waals surface area contributed by atoms with Gasteiger partial charge in [-0.2, -0.15) is 0 Å². The Morgan fingerprint density at radius 3 is 2.62 bits per heavy atom. The van der Waals surface area contributed by atoms with E-state index in [-0.39, 0.29) is 11.9 Å². The molecule has 7 heteroatoms. The number of hydrogen-bond donors (Lipinski definition) is 1. The van der Waals surface area contributed by atoms with Gasteiger partial charge in [-0.1, -0.05) is 6.42 Å². The van der Waals surface area contributed by atoms with Crippen molar-refractivity contribution in [2.45, 2.75) is 66.1 Å². The lowest BCUT2D eigenvalue weighted by Gasteiger charge is -2.36. The van der Waals surface area contributed by atoms with Crippen LogP contribution in [0.2, 0.25) is 0 Å². The Kier molecular flexibility index (Phi) is 7.72. The van der Waals surface area contributed by atoms with Gasteiger partial charge in [0.05, 0.1) is 25.4 Å². The average Bonchev–Trinajstić information content (AvgIpc) is 2.78. The van der Waals surface area contributed by atoms with E-state index in [9.17, 15) is 4.79 Å². The summed E-state index contributed by atoms with van der Waals surface area (Å²) in [6.45, 7) is 10.4. The molecular weight excluding hydrogens is 402 g/mol. The van der Waals surface area contributed by atoms with E-state index in [0.717, 1.165) is 49.0 Å². The molecule has 0 spiro atoms. The van der Waals surface area contributed by atoms with Crippen molar-refractivity contribution in [1.82, 2.24) is 19.8 Å². The van der Waals surface area contributed by atoms with E-state index in [1.54, 1.807) is 26.0 Å². The number of ether oxygens (including phenoxy) is 1. The molecule has 1 aliphatic rings. The first-order valence-electron chi connectivity index (χ1n) is 11.4. The van der Waals surface area contributed by atoms with Crippen LogP contribution in [0.15, 0.2) is 12.1 Å². The summed E-state index contributed by atoms with van der Waals surface area (Å²) in [5.41, 5.74) is 5.96. The topological polar surface area (TPSA) is 70.6 Å². The number of likely N-dealkylation sites (tertiary alicyclic amines) is 1. The van der Waals surface area contributed by atoms with E-state index in [1.165, 1.54) is 28.7 Å². The molecule has 3 rings (SSSR count). The van der Waals surface area contributed by atoms with E-state index in [0.29, 0.717) is 6.54 Å². The number of benzene rings is 1. The van der Waals surface area contributed by atoms with Crippen LogP contribution in [-0.2, 0) is 17.9 Å². The molecule has 0 bridgehead atoms. The van der Waals surface area contributed by atoms with Gasteiger partial charge in [0.2, 0.25) is 5.91 Å². The summed E-state index contributed by atoms with van der Waals surface area (Å²) >= 11 is 0. The highest BCUT2D eigenvalue weighted by atomic mass is 16.5. The van der Waals surface area contributed by atoms with Crippen LogP contribution in [0.25, 0.3) is 0 Å². The number of nitrogens with one attached hydrogen (secondary N) is 1. The maximum absolute atomic E-state index is 11.7. The number of amides is 1. The lowest BCUT2D eigenvalue weighted by Crippen LogP contribution is -2.35. The number of anilines is 1. The Hall–Kier alpha value is -2.67. The first-order valence-corrected chi connectivity index (χ1v) is 11.4. The molecule has 1 aliphatic heterocycles. The van der Waals surface area contributed by atoms with Crippen LogP contribution in [0.4, 0.5) is 5.82 Å². The van der Waals surface area contributed by atoms with Crippen molar-refractivity contribution >= 4 is 11.7 Å². The standard InChI is InChI=1S/C25H37N5O2/c1-16-12-23(32-7)18(3)17(2)21(16)15-30-11-9-8-10-22(30)25-27-20(13-24(26-5)28-25)14-29(6)19(4)31/h12-13,22H,8-11,14-15H2,1-7H3,(H,26,27,28)/t22-/m1/s1. The number of carbonyl (C=O) groups is 1. The van der Waals surface area contributed by atoms with E-state index in [2.05, 4.69) is 37.1 Å². The van der Waals surface area contributed by atoms with Crippen molar-refractivity contribution in [1.29, 1.82) is 0 Å². The molecule has 0 radical (unpaired) electrons. The molecule has 1 atom stereocenters. The summed E-state index contributed by atoms with van der Waals surface area (Å²) in [6.07, 6.45) is 3.37. The quantitative estimate of drug-likeness (QED) is 0.699. The van der Waals surface area contributed by atoms with Gasteiger partial charge >= 0.3 is 0 Å². The zero-order chi connectivity index (χ0) is 23.4. The largest absolute Gasteiger partial charge is 0.496 e. The number of aryl methyl sites for hydroxylation is 1. The number of hydrogen-bond acceptors (Lipinski definition) is 6. The van der Waals surface area contributed by atoms with Crippen molar-refractivity contribution in [3.05, 3.63) is 45.9 Å². The Morgan fingerprint density at radius 2 is 1.97 bits per heavy atom. The van der Waals surface area contributed by atoms with Gasteiger partial charge in [-0.15, -0.1) is 0 Å². The number of rotatable bonds is 7. The summed E-state index contributed by atoms with van der Waals surface area (Å²) in [7, 11) is 5.40. The van der Waals surface area contributed by atoms with Gasteiger partial charge in [0.25, 0.3) is 0 Å². The average molecular weight is 440 g/mol. The first kappa shape index (κ1) is 24.0. The number of methoxy groups -OCH3 is 1. The number of carbonyl (C=O) groups excluding carboxylic acids is 1. The number of nitrogens with zero attached hydrogens (tertiary/aromatic N) is 4. The van der Waals surface area contributed by atoms with Crippen LogP contribution in [0.1, 0.15) is 66.0 Å². The summed E-state index contributed by atoms with van der Waals surface area (Å²) in [4.78, 5) is 25.6. The molecule has 0 aliphatic carbocycles. The Morgan fingerprint density at radius 1 is 1.22 bits per heavy atom. The monoisotopic (exact) mass is 439 g/mol. The maximum atomic E-state index is 11.7. The van der Waals surface area contributed by atoms with E-state index in [4.69, 9.17) is 14.7 Å². The van der Waals surface area contributed by atoms with Crippen LogP contribution in [0.3, 0.4) is 0 Å². The molecule has 1 fully saturated rings. The second kappa shape index (κ2) is 10.3. The number of piperidine rings is 1. The second-order valence-corrected chi connectivity index (χ2v) is 8.83. The molecule has 2 aromatic rings. The minimum atomic E-state index is 0.0243. The Bertz CT molecular complexity index is 975. The zero-order valence-corrected chi connectivity index (χ0v) is 20.6. The van der Waals surface area contributed by atoms with Crippen molar-refractivity contribution in [2.75, 3.05) is 33.1 Å². The van der Waals surface area contributed by atoms with Gasteiger partial charge in [-0.05, 0) is 68.5 Å². The van der Waals surface area contributed by atoms with Crippen LogP contribution >= 0.6 is 0 Å². The van der Waals surface area contributed by atoms with Crippen molar-refractivity contribution in [2.24, 2.45) is 0 Å². The predicted octanol–water partition coefficient (Wildman–Crippen LogP) is 4.16. The van der Waals surface area contributed by atoms with E-state index >= 15 is 0 Å². The molecule has 174 valence electrons. The molecule has 7 nitrogen and oxygen atoms in total. The van der Waals surface area contributed by atoms with Gasteiger partial charge in [0.15, 0.2) is 0 Å². The van der Waals surface area contributed by atoms with Crippen molar-refractivity contribution in [3.63, 3.8) is 0 Å². The molecular formula is C25H37N5O2. The van der Waals surface area contributed by atoms with Crippen LogP contribution < -0.4 is 10.1 Å². The molecule has 1 aromatic carbocycles. The summed E-state index contributed by atoms with van der Waals surface area (Å²) in [5, 5.41) is 3.17. The molecule has 0 saturated carbocycles. The van der Waals surface area contributed by atoms with Gasteiger partial charge < -0.3 is 15.0 Å². The Labute approximate surface area is 192 Å². The zero-order valence-electron chi connectivity index (χ0n) is 20.6. The molecule has 2 heterocycles. The Balaban J connectivity index is 1.94. The van der Waals surface area contributed by atoms with E-state index < -0.39 is 0 Å². The van der Waals surface area contributed by atoms with Crippen LogP contribution in [0.5, 0.6) is 5.75 Å². The van der Waals surface area contributed by atoms with Gasteiger partial charge in [-0.3, -0.25) is 9.69 Å². The fraction of sp³-hybridized carbons (Fsp3) is 0.560. The molecule has 1 amide bonds. The van der Waals surface area contributed by atoms with Crippen LogP contribution in [0, 0.1) is 20.8 Å². The minimum Gasteiger partial charge on any atom is -0.496 e. The van der Waals surface area contributed by atoms with Gasteiger partial charge in [-0.25, -0.2) is 9.97 Å². The third-order valence-electron chi connectivity index (χ3n) is 6.69. The SMILES string of the molecule is CNc1cc(CN(C)C(C)=O)nc([C@H]2CCCCN2Cc2c(C)cc(OC)c(C)c2C)n1. The smallest absolute Gasteiger partial charge is 0.219 e. The normalized spacial score (nSPS) is 16.7. The molecule has 0 unspecified atom stereocenters. The van der Waals surface area contributed by atoms with Crippen molar-refractivity contribution in [3.8, 4) is 5.75 Å². The van der Waals surface area contributed by atoms with E-state index in [1.807, 2.05) is 13.1 Å². The highest BCUT2D eigenvalue weighted by molar-refractivity contribution is 5.72. The highest BCUT2D eigenvalue weighted by Crippen LogP contribution is 2.34. The van der Waals surface area contributed by atoms with Crippen molar-refractivity contribution < 1.29 is 9.53 Å².